The normalized spacial score (nSPS) is 20.3. The average molecular weight is 282 g/mol. The van der Waals surface area contributed by atoms with E-state index < -0.39 is 0 Å². The molecule has 0 aliphatic heterocycles. The van der Waals surface area contributed by atoms with Crippen LogP contribution in [0, 0.1) is 0 Å². The second kappa shape index (κ2) is 4.58. The number of rotatable bonds is 2. The van der Waals surface area contributed by atoms with Crippen molar-refractivity contribution in [3.05, 3.63) is 35.4 Å². The number of aryl methyl sites for hydroxylation is 1. The van der Waals surface area contributed by atoms with E-state index in [-0.39, 0.29) is 16.8 Å². The van der Waals surface area contributed by atoms with Crippen LogP contribution in [0.25, 0.3) is 0 Å². The molecule has 2 atom stereocenters. The molecule has 0 radical (unpaired) electrons. The molecule has 0 saturated heterocycles. The van der Waals surface area contributed by atoms with E-state index in [1.54, 1.807) is 0 Å². The minimum absolute atomic E-state index is 0.106. The van der Waals surface area contributed by atoms with Gasteiger partial charge in [-0.2, -0.15) is 0 Å². The highest BCUT2D eigenvalue weighted by molar-refractivity contribution is 9.10. The van der Waals surface area contributed by atoms with Crippen LogP contribution in [0.3, 0.4) is 0 Å². The number of carbonyl (C=O) groups excluding carboxylic acids is 1. The van der Waals surface area contributed by atoms with Crippen molar-refractivity contribution in [2.75, 3.05) is 7.05 Å². The molecule has 0 heterocycles. The quantitative estimate of drug-likeness (QED) is 0.764. The van der Waals surface area contributed by atoms with Gasteiger partial charge < -0.3 is 4.90 Å². The Labute approximate surface area is 105 Å². The minimum Gasteiger partial charge on any atom is -0.338 e. The van der Waals surface area contributed by atoms with Crippen LogP contribution in [0.1, 0.15) is 30.5 Å². The summed E-state index contributed by atoms with van der Waals surface area (Å²) in [6, 6.07) is 8.66. The predicted molar refractivity (Wildman–Crippen MR) is 68.7 cm³/mol. The third-order valence-electron chi connectivity index (χ3n) is 3.26. The molecule has 2 nitrogen and oxygen atoms in total. The predicted octanol–water partition coefficient (Wildman–Crippen LogP) is 2.92. The van der Waals surface area contributed by atoms with Gasteiger partial charge in [-0.25, -0.2) is 0 Å². The number of hydrogen-bond acceptors (Lipinski definition) is 1. The lowest BCUT2D eigenvalue weighted by atomic mass is 10.1. The summed E-state index contributed by atoms with van der Waals surface area (Å²) >= 11 is 3.34. The third-order valence-corrected chi connectivity index (χ3v) is 3.65. The number of benzene rings is 1. The highest BCUT2D eigenvalue weighted by atomic mass is 79.9. The van der Waals surface area contributed by atoms with Crippen molar-refractivity contribution >= 4 is 21.8 Å². The molecule has 2 unspecified atom stereocenters. The molecule has 0 saturated carbocycles. The lowest BCUT2D eigenvalue weighted by Crippen LogP contribution is -2.34. The van der Waals surface area contributed by atoms with E-state index in [1.807, 2.05) is 24.9 Å². The molecule has 1 aromatic carbocycles. The number of halogens is 1. The number of fused-ring (bicyclic) bond motifs is 1. The van der Waals surface area contributed by atoms with Gasteiger partial charge in [0.1, 0.15) is 0 Å². The molecule has 0 spiro atoms. The molecule has 0 bridgehead atoms. The second-order valence-electron chi connectivity index (χ2n) is 4.32. The maximum Gasteiger partial charge on any atom is 0.236 e. The van der Waals surface area contributed by atoms with Crippen molar-refractivity contribution in [2.24, 2.45) is 0 Å². The van der Waals surface area contributed by atoms with Crippen LogP contribution >= 0.6 is 15.9 Å². The highest BCUT2D eigenvalue weighted by Crippen LogP contribution is 2.35. The van der Waals surface area contributed by atoms with Crippen LogP contribution in [0.15, 0.2) is 24.3 Å². The Morgan fingerprint density at radius 1 is 1.50 bits per heavy atom. The summed E-state index contributed by atoms with van der Waals surface area (Å²) in [5.41, 5.74) is 2.70. The summed E-state index contributed by atoms with van der Waals surface area (Å²) in [6.45, 7) is 1.87. The van der Waals surface area contributed by atoms with E-state index in [1.165, 1.54) is 11.1 Å². The van der Waals surface area contributed by atoms with Gasteiger partial charge in [0, 0.05) is 7.05 Å². The summed E-state index contributed by atoms with van der Waals surface area (Å²) in [7, 11) is 1.90. The third kappa shape index (κ3) is 2.01. The van der Waals surface area contributed by atoms with Gasteiger partial charge >= 0.3 is 0 Å². The maximum absolute atomic E-state index is 11.9. The van der Waals surface area contributed by atoms with Crippen LogP contribution in [0.2, 0.25) is 0 Å². The zero-order valence-electron chi connectivity index (χ0n) is 9.61. The van der Waals surface area contributed by atoms with E-state index in [0.717, 1.165) is 12.8 Å². The molecular formula is C13H16BrNO. The van der Waals surface area contributed by atoms with Crippen LogP contribution in [-0.4, -0.2) is 22.7 Å². The van der Waals surface area contributed by atoms with Gasteiger partial charge in [0.05, 0.1) is 10.9 Å². The van der Waals surface area contributed by atoms with Gasteiger partial charge in [0.15, 0.2) is 0 Å². The Bertz CT molecular complexity index is 403. The molecule has 0 fully saturated rings. The topological polar surface area (TPSA) is 20.3 Å². The smallest absolute Gasteiger partial charge is 0.236 e. The van der Waals surface area contributed by atoms with Gasteiger partial charge in [-0.15, -0.1) is 0 Å². The van der Waals surface area contributed by atoms with E-state index in [2.05, 4.69) is 34.1 Å². The molecular weight excluding hydrogens is 266 g/mol. The van der Waals surface area contributed by atoms with Gasteiger partial charge in [0.25, 0.3) is 0 Å². The number of amides is 1. The Hall–Kier alpha value is -0.830. The summed E-state index contributed by atoms with van der Waals surface area (Å²) < 4.78 is 0. The van der Waals surface area contributed by atoms with E-state index in [4.69, 9.17) is 0 Å². The van der Waals surface area contributed by atoms with Crippen molar-refractivity contribution in [1.29, 1.82) is 0 Å². The average Bonchev–Trinajstić information content (AvgIpc) is 2.70. The fraction of sp³-hybridized carbons (Fsp3) is 0.462. The van der Waals surface area contributed by atoms with Gasteiger partial charge in [-0.05, 0) is 30.9 Å². The molecule has 1 amide bonds. The summed E-state index contributed by atoms with van der Waals surface area (Å²) in [4.78, 5) is 13.7. The largest absolute Gasteiger partial charge is 0.338 e. The fourth-order valence-electron chi connectivity index (χ4n) is 2.37. The monoisotopic (exact) mass is 281 g/mol. The van der Waals surface area contributed by atoms with Crippen molar-refractivity contribution in [1.82, 2.24) is 4.90 Å². The van der Waals surface area contributed by atoms with Crippen LogP contribution in [0.5, 0.6) is 0 Å². The van der Waals surface area contributed by atoms with Crippen LogP contribution in [-0.2, 0) is 11.2 Å². The van der Waals surface area contributed by atoms with E-state index in [9.17, 15) is 4.79 Å². The molecule has 1 aliphatic carbocycles. The van der Waals surface area contributed by atoms with Gasteiger partial charge in [-0.3, -0.25) is 4.79 Å². The summed E-state index contributed by atoms with van der Waals surface area (Å²) in [5.74, 6) is 0.154. The van der Waals surface area contributed by atoms with Crippen molar-refractivity contribution in [3.63, 3.8) is 0 Å². The summed E-state index contributed by atoms with van der Waals surface area (Å²) in [5, 5.41) is 0. The molecule has 1 aliphatic rings. The van der Waals surface area contributed by atoms with Gasteiger partial charge in [-0.1, -0.05) is 40.2 Å². The number of carbonyl (C=O) groups is 1. The van der Waals surface area contributed by atoms with Crippen molar-refractivity contribution < 1.29 is 4.79 Å². The number of nitrogens with zero attached hydrogens (tertiary/aromatic N) is 1. The van der Waals surface area contributed by atoms with Crippen molar-refractivity contribution in [3.8, 4) is 0 Å². The molecule has 0 N–H and O–H groups in total. The molecule has 1 aromatic rings. The Morgan fingerprint density at radius 3 is 2.88 bits per heavy atom. The first kappa shape index (κ1) is 11.6. The number of hydrogen-bond donors (Lipinski definition) is 0. The minimum atomic E-state index is -0.106. The molecule has 0 aromatic heterocycles. The molecule has 2 rings (SSSR count). The van der Waals surface area contributed by atoms with Gasteiger partial charge in [0.2, 0.25) is 5.91 Å². The first-order valence-corrected chi connectivity index (χ1v) is 6.51. The first-order chi connectivity index (χ1) is 7.61. The van der Waals surface area contributed by atoms with E-state index >= 15 is 0 Å². The fourth-order valence-corrected chi connectivity index (χ4v) is 2.69. The molecule has 16 heavy (non-hydrogen) atoms. The Morgan fingerprint density at radius 2 is 2.19 bits per heavy atom. The lowest BCUT2D eigenvalue weighted by Gasteiger charge is -2.26. The second-order valence-corrected chi connectivity index (χ2v) is 5.69. The standard InChI is InChI=1S/C13H16BrNO/c1-9(14)13(16)15(2)12-8-7-10-5-3-4-6-11(10)12/h3-6,9,12H,7-8H2,1-2H3. The summed E-state index contributed by atoms with van der Waals surface area (Å²) in [6.07, 6.45) is 2.12. The maximum atomic E-state index is 11.9. The van der Waals surface area contributed by atoms with Crippen LogP contribution < -0.4 is 0 Å². The SMILES string of the molecule is CC(Br)C(=O)N(C)C1CCc2ccccc21. The highest BCUT2D eigenvalue weighted by Gasteiger charge is 2.29. The van der Waals surface area contributed by atoms with Crippen LogP contribution in [0.4, 0.5) is 0 Å². The van der Waals surface area contributed by atoms with Crippen molar-refractivity contribution in [2.45, 2.75) is 30.6 Å². The Kier molecular flexibility index (Phi) is 3.33. The zero-order valence-corrected chi connectivity index (χ0v) is 11.2. The Balaban J connectivity index is 2.22. The molecule has 3 heteroatoms. The lowest BCUT2D eigenvalue weighted by molar-refractivity contribution is -0.131. The molecule has 86 valence electrons. The van der Waals surface area contributed by atoms with E-state index in [0.29, 0.717) is 0 Å². The first-order valence-electron chi connectivity index (χ1n) is 5.60. The zero-order chi connectivity index (χ0) is 11.7. The number of alkyl halides is 1.